The van der Waals surface area contributed by atoms with E-state index >= 15 is 0 Å². The lowest BCUT2D eigenvalue weighted by Gasteiger charge is -2.33. The van der Waals surface area contributed by atoms with Crippen molar-refractivity contribution in [3.63, 3.8) is 0 Å². The first-order chi connectivity index (χ1) is 23.6. The van der Waals surface area contributed by atoms with Gasteiger partial charge in [-0.3, -0.25) is 9.69 Å². The van der Waals surface area contributed by atoms with E-state index < -0.39 is 5.82 Å². The molecule has 6 rings (SSSR count). The zero-order valence-corrected chi connectivity index (χ0v) is 28.6. The number of hydrogen-bond donors (Lipinski definition) is 1. The molecule has 12 nitrogen and oxygen atoms in total. The maximum Gasteiger partial charge on any atom is 0.319 e. The minimum absolute atomic E-state index is 0.0879. The molecular formula is C35H37FN8O4S. The normalized spacial score (nSPS) is 20.8. The van der Waals surface area contributed by atoms with Crippen LogP contribution in [-0.2, 0) is 14.3 Å². The molecular weight excluding hydrogens is 648 g/mol. The molecule has 2 aromatic heterocycles. The number of likely N-dealkylation sites (N-methyl/N-ethyl adjacent to an activating group) is 2. The van der Waals surface area contributed by atoms with Crippen molar-refractivity contribution in [3.8, 4) is 23.2 Å². The number of thiophene rings is 1. The van der Waals surface area contributed by atoms with Crippen LogP contribution in [0.4, 0.5) is 20.9 Å². The van der Waals surface area contributed by atoms with E-state index in [1.807, 2.05) is 19.0 Å². The molecule has 49 heavy (non-hydrogen) atoms. The minimum Gasteiger partial charge on any atom is -0.462 e. The van der Waals surface area contributed by atoms with Crippen molar-refractivity contribution in [1.29, 1.82) is 5.26 Å². The van der Waals surface area contributed by atoms with Crippen LogP contribution in [0, 0.1) is 23.7 Å². The van der Waals surface area contributed by atoms with Crippen LogP contribution in [0.5, 0.6) is 6.01 Å². The first-order valence-electron chi connectivity index (χ1n) is 15.8. The van der Waals surface area contributed by atoms with E-state index in [0.717, 1.165) is 24.3 Å². The number of methoxy groups -OCH3 is 2. The lowest BCUT2D eigenvalue weighted by molar-refractivity contribution is -0.127. The third-order valence-corrected chi connectivity index (χ3v) is 10.7. The molecule has 4 atom stereocenters. The molecule has 2 saturated heterocycles. The predicted molar refractivity (Wildman–Crippen MR) is 187 cm³/mol. The van der Waals surface area contributed by atoms with E-state index in [2.05, 4.69) is 22.4 Å². The van der Waals surface area contributed by atoms with Gasteiger partial charge in [-0.2, -0.15) is 15.2 Å². The fourth-order valence-corrected chi connectivity index (χ4v) is 8.01. The third-order valence-electron chi connectivity index (χ3n) is 9.63. The van der Waals surface area contributed by atoms with Crippen molar-refractivity contribution in [2.24, 2.45) is 0 Å². The average molecular weight is 685 g/mol. The summed E-state index contributed by atoms with van der Waals surface area (Å²) < 4.78 is 32.6. The van der Waals surface area contributed by atoms with E-state index in [9.17, 15) is 14.4 Å². The summed E-state index contributed by atoms with van der Waals surface area (Å²) in [6.45, 7) is 13.3. The second kappa shape index (κ2) is 13.9. The number of nitrogen functional groups attached to an aromatic ring is 1. The molecule has 4 heterocycles. The van der Waals surface area contributed by atoms with Gasteiger partial charge >= 0.3 is 6.01 Å². The van der Waals surface area contributed by atoms with Gasteiger partial charge in [0.05, 0.1) is 58.2 Å². The Morgan fingerprint density at radius 1 is 1.31 bits per heavy atom. The number of fused-ring (bicyclic) bond motifs is 2. The number of nitrogens with two attached hydrogens (primary N) is 1. The molecule has 2 N–H and O–H groups in total. The number of amides is 1. The highest BCUT2D eigenvalue weighted by Crippen LogP contribution is 2.47. The Morgan fingerprint density at radius 3 is 2.78 bits per heavy atom. The molecule has 0 bridgehead atoms. The zero-order chi connectivity index (χ0) is 35.0. The highest BCUT2D eigenvalue weighted by atomic mass is 32.1. The number of benzene rings is 2. The molecule has 0 radical (unpaired) electrons. The number of hydrogen-bond acceptors (Lipinski definition) is 11. The van der Waals surface area contributed by atoms with Crippen molar-refractivity contribution < 1.29 is 23.4 Å². The van der Waals surface area contributed by atoms with Crippen LogP contribution in [0.3, 0.4) is 0 Å². The Hall–Kier alpha value is -4.86. The summed E-state index contributed by atoms with van der Waals surface area (Å²) in [4.78, 5) is 32.0. The molecule has 2 aliphatic rings. The number of carbonyl (C=O) groups is 1. The summed E-state index contributed by atoms with van der Waals surface area (Å²) in [6.07, 6.45) is 2.85. The highest BCUT2D eigenvalue weighted by molar-refractivity contribution is 7.23. The molecule has 0 saturated carbocycles. The molecule has 1 amide bonds. The van der Waals surface area contributed by atoms with Crippen LogP contribution in [0.25, 0.3) is 37.0 Å². The van der Waals surface area contributed by atoms with Crippen molar-refractivity contribution in [3.05, 3.63) is 59.7 Å². The van der Waals surface area contributed by atoms with Crippen LogP contribution < -0.4 is 15.4 Å². The zero-order valence-electron chi connectivity index (χ0n) is 27.8. The molecule has 14 heteroatoms. The number of rotatable bonds is 10. The Labute approximate surface area is 287 Å². The van der Waals surface area contributed by atoms with Crippen LogP contribution >= 0.6 is 11.3 Å². The lowest BCUT2D eigenvalue weighted by atomic mass is 9.95. The Balaban J connectivity index is 1.50. The van der Waals surface area contributed by atoms with Crippen molar-refractivity contribution in [1.82, 2.24) is 19.8 Å². The molecule has 2 fully saturated rings. The maximum atomic E-state index is 15.0. The number of aromatic nitrogens is 2. The Bertz CT molecular complexity index is 2020. The summed E-state index contributed by atoms with van der Waals surface area (Å²) in [5, 5.41) is 11.6. The second-order valence-corrected chi connectivity index (χ2v) is 13.4. The standard InChI is InChI=1S/C35H37FN8O4S/c1-7-29(45)44-11-10-27(28(44)18-46-5)43(4)34-24-12-19(15-37)23(22-8-9-25(36)32-30(22)31(39-2)33(38)49-32)14-26(24)40-35(41-34)48-17-20-13-21(47-6)16-42(20)3/h7-9,12,14,20-21,27-28H,1,10-11,13,16-18,38H2,3-6H3/t20-,21+,27?,28+/m0/s1. The summed E-state index contributed by atoms with van der Waals surface area (Å²) in [6, 6.07) is 8.40. The number of halogens is 1. The van der Waals surface area contributed by atoms with Gasteiger partial charge in [0.15, 0.2) is 0 Å². The van der Waals surface area contributed by atoms with E-state index in [0.29, 0.717) is 59.4 Å². The number of nitrogens with zero attached hydrogens (tertiary/aromatic N) is 7. The van der Waals surface area contributed by atoms with Crippen molar-refractivity contribution >= 4 is 54.7 Å². The van der Waals surface area contributed by atoms with Crippen LogP contribution in [0.15, 0.2) is 36.9 Å². The molecule has 2 aromatic carbocycles. The van der Waals surface area contributed by atoms with Gasteiger partial charge in [-0.15, -0.1) is 11.3 Å². The summed E-state index contributed by atoms with van der Waals surface area (Å²) in [5.74, 6) is -0.160. The number of likely N-dealkylation sites (tertiary alicyclic amines) is 2. The second-order valence-electron chi connectivity index (χ2n) is 12.3. The van der Waals surface area contributed by atoms with Gasteiger partial charge in [-0.1, -0.05) is 12.6 Å². The smallest absolute Gasteiger partial charge is 0.319 e. The first-order valence-corrected chi connectivity index (χ1v) is 16.6. The number of nitriles is 1. The minimum atomic E-state index is -0.495. The topological polar surface area (TPSA) is 134 Å². The maximum absolute atomic E-state index is 15.0. The summed E-state index contributed by atoms with van der Waals surface area (Å²) >= 11 is 1.00. The molecule has 2 aliphatic heterocycles. The van der Waals surface area contributed by atoms with Gasteiger partial charge in [-0.05, 0) is 49.7 Å². The van der Waals surface area contributed by atoms with E-state index in [4.69, 9.17) is 36.5 Å². The van der Waals surface area contributed by atoms with Gasteiger partial charge in [0.1, 0.15) is 18.2 Å². The molecule has 4 aromatic rings. The van der Waals surface area contributed by atoms with Crippen LogP contribution in [-0.4, -0.2) is 105 Å². The van der Waals surface area contributed by atoms with Gasteiger partial charge in [0, 0.05) is 56.7 Å². The Morgan fingerprint density at radius 2 is 2.10 bits per heavy atom. The first kappa shape index (κ1) is 34.0. The van der Waals surface area contributed by atoms with Gasteiger partial charge < -0.3 is 29.7 Å². The fourth-order valence-electron chi connectivity index (χ4n) is 7.07. The SMILES string of the molecule is [C-]#[N+]c1c(N)sc2c(F)ccc(-c3cc4nc(OC[C@@H]5C[C@@H](OC)CN5C)nc(N(C)C5CCN(C(=O)C=C)[C@@H]5COC)c4cc3C#N)c12. The number of carbonyl (C=O) groups excluding carboxylic acids is 1. The van der Waals surface area contributed by atoms with Crippen molar-refractivity contribution in [2.45, 2.75) is 37.1 Å². The van der Waals surface area contributed by atoms with Gasteiger partial charge in [0.2, 0.25) is 11.6 Å². The van der Waals surface area contributed by atoms with Gasteiger partial charge in [-0.25, -0.2) is 9.24 Å². The summed E-state index contributed by atoms with van der Waals surface area (Å²) in [5.41, 5.74) is 8.02. The van der Waals surface area contributed by atoms with Crippen molar-refractivity contribution in [2.75, 3.05) is 65.3 Å². The summed E-state index contributed by atoms with van der Waals surface area (Å²) in [7, 11) is 7.22. The van der Waals surface area contributed by atoms with E-state index in [1.54, 1.807) is 37.3 Å². The monoisotopic (exact) mass is 684 g/mol. The molecule has 0 aliphatic carbocycles. The highest BCUT2D eigenvalue weighted by Gasteiger charge is 2.40. The van der Waals surface area contributed by atoms with E-state index in [-0.39, 0.29) is 57.1 Å². The fraction of sp³-hybridized carbons (Fsp3) is 0.400. The molecule has 1 unspecified atom stereocenters. The lowest BCUT2D eigenvalue weighted by Crippen LogP contribution is -2.48. The molecule has 254 valence electrons. The predicted octanol–water partition coefficient (Wildman–Crippen LogP) is 4.99. The van der Waals surface area contributed by atoms with Crippen LogP contribution in [0.2, 0.25) is 0 Å². The quantitative estimate of drug-likeness (QED) is 0.180. The van der Waals surface area contributed by atoms with Crippen LogP contribution in [0.1, 0.15) is 18.4 Å². The number of anilines is 2. The average Bonchev–Trinajstić information content (AvgIpc) is 3.80. The number of ether oxygens (including phenoxy) is 3. The Kier molecular flexibility index (Phi) is 9.68. The third kappa shape index (κ3) is 6.13. The largest absolute Gasteiger partial charge is 0.462 e. The van der Waals surface area contributed by atoms with Gasteiger partial charge in [0.25, 0.3) is 0 Å². The van der Waals surface area contributed by atoms with E-state index in [1.165, 1.54) is 12.1 Å². The molecule has 0 spiro atoms.